The Bertz CT molecular complexity index is 1220. The van der Waals surface area contributed by atoms with E-state index in [2.05, 4.69) is 21.5 Å². The first-order valence-corrected chi connectivity index (χ1v) is 10.1. The number of carbonyl (C=O) groups is 1. The van der Waals surface area contributed by atoms with E-state index in [9.17, 15) is 9.59 Å². The second kappa shape index (κ2) is 9.00. The van der Waals surface area contributed by atoms with Gasteiger partial charge in [0.15, 0.2) is 0 Å². The molecular formula is C22H26N6O3. The minimum Gasteiger partial charge on any atom is -0.491 e. The monoisotopic (exact) mass is 422 g/mol. The Labute approximate surface area is 180 Å². The van der Waals surface area contributed by atoms with Crippen molar-refractivity contribution in [1.29, 1.82) is 5.26 Å². The van der Waals surface area contributed by atoms with Crippen LogP contribution in [-0.2, 0) is 18.4 Å². The molecule has 9 nitrogen and oxygen atoms in total. The molecule has 0 fully saturated rings. The zero-order chi connectivity index (χ0) is 22.7. The molecule has 0 aliphatic carbocycles. The summed E-state index contributed by atoms with van der Waals surface area (Å²) >= 11 is 0. The first-order valence-electron chi connectivity index (χ1n) is 10.1. The van der Waals surface area contributed by atoms with Gasteiger partial charge >= 0.3 is 0 Å². The predicted octanol–water partition coefficient (Wildman–Crippen LogP) is 2.80. The fourth-order valence-corrected chi connectivity index (χ4v) is 3.06. The Hall–Kier alpha value is -3.67. The number of ether oxygens (including phenoxy) is 1. The lowest BCUT2D eigenvalue weighted by atomic mass is 10.1. The van der Waals surface area contributed by atoms with Crippen molar-refractivity contribution >= 4 is 22.9 Å². The molecule has 0 atom stereocenters. The zero-order valence-electron chi connectivity index (χ0n) is 18.3. The van der Waals surface area contributed by atoms with Gasteiger partial charge in [0.05, 0.1) is 29.3 Å². The van der Waals surface area contributed by atoms with Crippen molar-refractivity contribution < 1.29 is 9.53 Å². The SMILES string of the molecule is CC(C)COc1cc(=O)n(CC(=O)Nc2nc3cc(C#N)ccc3n2C)nc1C(C)C. The van der Waals surface area contributed by atoms with Crippen molar-refractivity contribution in [1.82, 2.24) is 19.3 Å². The quantitative estimate of drug-likeness (QED) is 0.626. The van der Waals surface area contributed by atoms with E-state index in [1.165, 1.54) is 6.07 Å². The molecule has 0 bridgehead atoms. The number of hydrogen-bond donors (Lipinski definition) is 1. The number of imidazole rings is 1. The van der Waals surface area contributed by atoms with Crippen LogP contribution in [0.4, 0.5) is 5.95 Å². The van der Waals surface area contributed by atoms with Crippen molar-refractivity contribution in [3.8, 4) is 11.8 Å². The van der Waals surface area contributed by atoms with Gasteiger partial charge in [-0.2, -0.15) is 10.4 Å². The van der Waals surface area contributed by atoms with Crippen LogP contribution in [0.15, 0.2) is 29.1 Å². The summed E-state index contributed by atoms with van der Waals surface area (Å²) in [6.45, 7) is 8.18. The standard InChI is InChI=1S/C22H26N6O3/c1-13(2)12-31-18-9-20(30)28(26-21(18)14(3)4)11-19(29)25-22-24-16-8-15(10-23)6-7-17(16)27(22)5/h6-9,13-14H,11-12H2,1-5H3,(H,24,25,29). The molecule has 3 rings (SSSR count). The normalized spacial score (nSPS) is 11.2. The van der Waals surface area contributed by atoms with Gasteiger partial charge in [-0.1, -0.05) is 27.7 Å². The van der Waals surface area contributed by atoms with Crippen LogP contribution in [0.5, 0.6) is 5.75 Å². The number of benzene rings is 1. The summed E-state index contributed by atoms with van der Waals surface area (Å²) in [6.07, 6.45) is 0. The molecule has 1 aromatic carbocycles. The lowest BCUT2D eigenvalue weighted by Gasteiger charge is -2.16. The number of carbonyl (C=O) groups excluding carboxylic acids is 1. The average molecular weight is 422 g/mol. The van der Waals surface area contributed by atoms with Gasteiger partial charge in [-0.05, 0) is 24.1 Å². The number of nitrogens with zero attached hydrogens (tertiary/aromatic N) is 5. The first-order chi connectivity index (χ1) is 14.7. The van der Waals surface area contributed by atoms with Gasteiger partial charge < -0.3 is 9.30 Å². The minimum absolute atomic E-state index is 0.0197. The molecule has 0 radical (unpaired) electrons. The van der Waals surface area contributed by atoms with Crippen LogP contribution in [0.3, 0.4) is 0 Å². The number of aromatic nitrogens is 4. The van der Waals surface area contributed by atoms with Gasteiger partial charge in [0.25, 0.3) is 5.56 Å². The summed E-state index contributed by atoms with van der Waals surface area (Å²) in [5, 5.41) is 16.1. The molecule has 0 unspecified atom stereocenters. The Kier molecular flexibility index (Phi) is 6.39. The molecule has 0 spiro atoms. The molecule has 1 amide bonds. The Balaban J connectivity index is 1.82. The van der Waals surface area contributed by atoms with Gasteiger partial charge in [0, 0.05) is 19.0 Å². The van der Waals surface area contributed by atoms with Crippen molar-refractivity contribution in [3.63, 3.8) is 0 Å². The fraction of sp³-hybridized carbons (Fsp3) is 0.409. The number of rotatable bonds is 7. The molecule has 2 heterocycles. The van der Waals surface area contributed by atoms with E-state index < -0.39 is 11.5 Å². The third-order valence-corrected chi connectivity index (χ3v) is 4.66. The van der Waals surface area contributed by atoms with E-state index in [4.69, 9.17) is 10.00 Å². The molecule has 2 aromatic heterocycles. The summed E-state index contributed by atoms with van der Waals surface area (Å²) in [7, 11) is 1.76. The highest BCUT2D eigenvalue weighted by Crippen LogP contribution is 2.23. The largest absolute Gasteiger partial charge is 0.491 e. The smallest absolute Gasteiger partial charge is 0.270 e. The summed E-state index contributed by atoms with van der Waals surface area (Å²) in [5.41, 5.74) is 2.07. The third kappa shape index (κ3) is 4.91. The first kappa shape index (κ1) is 22.0. The zero-order valence-corrected chi connectivity index (χ0v) is 18.3. The van der Waals surface area contributed by atoms with E-state index in [1.54, 1.807) is 29.8 Å². The van der Waals surface area contributed by atoms with Crippen molar-refractivity contribution in [2.75, 3.05) is 11.9 Å². The maximum Gasteiger partial charge on any atom is 0.270 e. The number of aryl methyl sites for hydroxylation is 1. The Morgan fingerprint density at radius 1 is 1.26 bits per heavy atom. The fourth-order valence-electron chi connectivity index (χ4n) is 3.06. The van der Waals surface area contributed by atoms with Gasteiger partial charge in [-0.15, -0.1) is 0 Å². The van der Waals surface area contributed by atoms with Gasteiger partial charge in [-0.3, -0.25) is 14.9 Å². The van der Waals surface area contributed by atoms with Gasteiger partial charge in [-0.25, -0.2) is 9.67 Å². The molecule has 0 saturated carbocycles. The molecule has 0 aliphatic rings. The van der Waals surface area contributed by atoms with Crippen molar-refractivity contribution in [3.05, 3.63) is 45.9 Å². The lowest BCUT2D eigenvalue weighted by Crippen LogP contribution is -2.31. The van der Waals surface area contributed by atoms with Crippen molar-refractivity contribution in [2.24, 2.45) is 13.0 Å². The minimum atomic E-state index is -0.431. The summed E-state index contributed by atoms with van der Waals surface area (Å²) in [4.78, 5) is 29.5. The maximum absolute atomic E-state index is 12.6. The summed E-state index contributed by atoms with van der Waals surface area (Å²) in [6, 6.07) is 8.57. The number of fused-ring (bicyclic) bond motifs is 1. The van der Waals surface area contributed by atoms with Crippen LogP contribution < -0.4 is 15.6 Å². The van der Waals surface area contributed by atoms with Crippen LogP contribution in [0.2, 0.25) is 0 Å². The average Bonchev–Trinajstić information content (AvgIpc) is 3.02. The molecule has 9 heteroatoms. The van der Waals surface area contributed by atoms with Gasteiger partial charge in [0.1, 0.15) is 18.0 Å². The molecular weight excluding hydrogens is 396 g/mol. The molecule has 1 N–H and O–H groups in total. The van der Waals surface area contributed by atoms with Crippen LogP contribution in [0, 0.1) is 17.2 Å². The van der Waals surface area contributed by atoms with Crippen LogP contribution in [0.25, 0.3) is 11.0 Å². The van der Waals surface area contributed by atoms with Crippen LogP contribution in [-0.4, -0.2) is 31.8 Å². The van der Waals surface area contributed by atoms with Crippen molar-refractivity contribution in [2.45, 2.75) is 40.2 Å². The van der Waals surface area contributed by atoms with E-state index in [-0.39, 0.29) is 12.5 Å². The van der Waals surface area contributed by atoms with E-state index >= 15 is 0 Å². The van der Waals surface area contributed by atoms with Crippen LogP contribution in [0.1, 0.15) is 44.9 Å². The van der Waals surface area contributed by atoms with E-state index in [0.29, 0.717) is 41.0 Å². The second-order valence-electron chi connectivity index (χ2n) is 8.11. The number of amides is 1. The highest BCUT2D eigenvalue weighted by atomic mass is 16.5. The number of nitriles is 1. The molecule has 162 valence electrons. The molecule has 0 saturated heterocycles. The molecule has 0 aliphatic heterocycles. The lowest BCUT2D eigenvalue weighted by molar-refractivity contribution is -0.117. The topological polar surface area (TPSA) is 115 Å². The van der Waals surface area contributed by atoms with E-state index in [0.717, 1.165) is 10.2 Å². The number of nitrogens with one attached hydrogen (secondary N) is 1. The summed E-state index contributed by atoms with van der Waals surface area (Å²) < 4.78 is 8.60. The van der Waals surface area contributed by atoms with E-state index in [1.807, 2.05) is 27.7 Å². The predicted molar refractivity (Wildman–Crippen MR) is 117 cm³/mol. The highest BCUT2D eigenvalue weighted by Gasteiger charge is 2.17. The van der Waals surface area contributed by atoms with Gasteiger partial charge in [0.2, 0.25) is 11.9 Å². The third-order valence-electron chi connectivity index (χ3n) is 4.66. The maximum atomic E-state index is 12.6. The molecule has 31 heavy (non-hydrogen) atoms. The Morgan fingerprint density at radius 2 is 2.00 bits per heavy atom. The number of anilines is 1. The molecule has 3 aromatic rings. The van der Waals surface area contributed by atoms with Crippen LogP contribution >= 0.6 is 0 Å². The highest BCUT2D eigenvalue weighted by molar-refractivity contribution is 5.91. The summed E-state index contributed by atoms with van der Waals surface area (Å²) in [5.74, 6) is 0.675. The second-order valence-corrected chi connectivity index (χ2v) is 8.11. The Morgan fingerprint density at radius 3 is 2.65 bits per heavy atom. The number of hydrogen-bond acceptors (Lipinski definition) is 6.